The first-order valence-corrected chi connectivity index (χ1v) is 12.6. The number of para-hydroxylation sites is 3. The fraction of sp³-hybridized carbons (Fsp3) is 0.0938. The number of amides is 1. The monoisotopic (exact) mass is 514 g/mol. The zero-order chi connectivity index (χ0) is 26.9. The maximum atomic E-state index is 13.6. The van der Waals surface area contributed by atoms with Crippen molar-refractivity contribution in [2.24, 2.45) is 4.99 Å². The lowest BCUT2D eigenvalue weighted by Gasteiger charge is -2.10. The van der Waals surface area contributed by atoms with E-state index in [-0.39, 0.29) is 11.5 Å². The molecule has 0 atom stereocenters. The number of methoxy groups -OCH3 is 1. The second-order valence-corrected chi connectivity index (χ2v) is 9.38. The van der Waals surface area contributed by atoms with Gasteiger partial charge in [0.25, 0.3) is 5.91 Å². The van der Waals surface area contributed by atoms with E-state index in [1.54, 1.807) is 13.2 Å². The zero-order valence-corrected chi connectivity index (χ0v) is 21.8. The highest BCUT2D eigenvalue weighted by atomic mass is 16.5. The van der Waals surface area contributed by atoms with Gasteiger partial charge in [0.2, 0.25) is 5.55 Å². The third kappa shape index (κ3) is 4.78. The van der Waals surface area contributed by atoms with Gasteiger partial charge in [-0.15, -0.1) is 0 Å². The van der Waals surface area contributed by atoms with Crippen molar-refractivity contribution >= 4 is 39.3 Å². The van der Waals surface area contributed by atoms with E-state index in [9.17, 15) is 4.79 Å². The molecule has 2 aromatic heterocycles. The van der Waals surface area contributed by atoms with E-state index in [1.807, 2.05) is 98.8 Å². The van der Waals surface area contributed by atoms with Crippen molar-refractivity contribution < 1.29 is 13.9 Å². The average molecular weight is 515 g/mol. The van der Waals surface area contributed by atoms with Crippen molar-refractivity contribution in [3.05, 3.63) is 113 Å². The lowest BCUT2D eigenvalue weighted by molar-refractivity contribution is 0.102. The predicted molar refractivity (Wildman–Crippen MR) is 153 cm³/mol. The number of ether oxygens (including phenoxy) is 1. The molecule has 192 valence electrons. The molecule has 0 unspecified atom stereocenters. The maximum Gasteiger partial charge on any atom is 0.261 e. The van der Waals surface area contributed by atoms with Gasteiger partial charge in [0.05, 0.1) is 23.8 Å². The number of hydrogen-bond donors (Lipinski definition) is 2. The van der Waals surface area contributed by atoms with Gasteiger partial charge >= 0.3 is 0 Å². The van der Waals surface area contributed by atoms with E-state index in [1.165, 1.54) is 0 Å². The summed E-state index contributed by atoms with van der Waals surface area (Å²) < 4.78 is 11.7. The van der Waals surface area contributed by atoms with Gasteiger partial charge in [0.1, 0.15) is 11.4 Å². The van der Waals surface area contributed by atoms with Crippen LogP contribution in [0.15, 0.2) is 100 Å². The summed E-state index contributed by atoms with van der Waals surface area (Å²) in [6.07, 6.45) is 0. The second-order valence-electron chi connectivity index (χ2n) is 9.38. The quantitative estimate of drug-likeness (QED) is 0.257. The van der Waals surface area contributed by atoms with Gasteiger partial charge in [-0.3, -0.25) is 4.79 Å². The largest absolute Gasteiger partial charge is 0.493 e. The molecule has 1 amide bonds. The minimum atomic E-state index is -0.330. The maximum absolute atomic E-state index is 13.6. The van der Waals surface area contributed by atoms with Crippen molar-refractivity contribution in [2.45, 2.75) is 13.8 Å². The number of nitrogens with one attached hydrogen (secondary N) is 2. The average Bonchev–Trinajstić information content (AvgIpc) is 3.38. The van der Waals surface area contributed by atoms with E-state index in [0.29, 0.717) is 22.6 Å². The summed E-state index contributed by atoms with van der Waals surface area (Å²) in [5.74, 6) is 1.01. The number of carbonyl (C=O) groups is 1. The van der Waals surface area contributed by atoms with E-state index in [2.05, 4.69) is 15.3 Å². The van der Waals surface area contributed by atoms with Crippen LogP contribution in [0, 0.1) is 13.8 Å². The number of aromatic amines is 1. The van der Waals surface area contributed by atoms with Crippen LogP contribution in [0.25, 0.3) is 33.4 Å². The third-order valence-electron chi connectivity index (χ3n) is 6.58. The molecule has 7 nitrogen and oxygen atoms in total. The summed E-state index contributed by atoms with van der Waals surface area (Å²) >= 11 is 0. The molecule has 6 aromatic rings. The van der Waals surface area contributed by atoms with Crippen molar-refractivity contribution in [1.29, 1.82) is 0 Å². The number of fused-ring (bicyclic) bond motifs is 2. The molecular weight excluding hydrogens is 488 g/mol. The molecule has 0 bridgehead atoms. The number of carbonyl (C=O) groups excluding carboxylic acids is 1. The van der Waals surface area contributed by atoms with Gasteiger partial charge in [-0.05, 0) is 74.0 Å². The molecule has 39 heavy (non-hydrogen) atoms. The molecule has 4 aromatic carbocycles. The van der Waals surface area contributed by atoms with Crippen LogP contribution in [0.3, 0.4) is 0 Å². The van der Waals surface area contributed by atoms with E-state index in [4.69, 9.17) is 14.1 Å². The number of hydrogen-bond acceptors (Lipinski definition) is 5. The first-order valence-electron chi connectivity index (χ1n) is 12.6. The van der Waals surface area contributed by atoms with Crippen LogP contribution in [0.4, 0.5) is 11.4 Å². The molecule has 0 spiro atoms. The first-order chi connectivity index (χ1) is 19.0. The molecule has 0 saturated carbocycles. The molecule has 0 aliphatic rings. The normalized spacial score (nSPS) is 11.7. The lowest BCUT2D eigenvalue weighted by atomic mass is 10.1. The summed E-state index contributed by atoms with van der Waals surface area (Å²) in [4.78, 5) is 26.3. The van der Waals surface area contributed by atoms with Crippen LogP contribution in [-0.4, -0.2) is 23.0 Å². The van der Waals surface area contributed by atoms with Gasteiger partial charge in [-0.25, -0.2) is 9.98 Å². The number of aromatic nitrogens is 2. The highest BCUT2D eigenvalue weighted by Gasteiger charge is 2.16. The Morgan fingerprint density at radius 3 is 2.54 bits per heavy atom. The molecule has 2 N–H and O–H groups in total. The molecule has 0 aliphatic carbocycles. The number of rotatable bonds is 5. The highest BCUT2D eigenvalue weighted by molar-refractivity contribution is 6.05. The Kier molecular flexibility index (Phi) is 6.17. The smallest absolute Gasteiger partial charge is 0.261 e. The zero-order valence-electron chi connectivity index (χ0n) is 21.8. The number of imidazole rings is 1. The van der Waals surface area contributed by atoms with Crippen molar-refractivity contribution in [3.8, 4) is 17.1 Å². The van der Waals surface area contributed by atoms with Crippen LogP contribution < -0.4 is 15.6 Å². The molecule has 0 fully saturated rings. The minimum absolute atomic E-state index is 0.204. The minimum Gasteiger partial charge on any atom is -0.493 e. The van der Waals surface area contributed by atoms with Crippen molar-refractivity contribution in [3.63, 3.8) is 0 Å². The van der Waals surface area contributed by atoms with Gasteiger partial charge in [0, 0.05) is 16.6 Å². The Morgan fingerprint density at radius 2 is 1.77 bits per heavy atom. The van der Waals surface area contributed by atoms with Crippen molar-refractivity contribution in [1.82, 2.24) is 9.97 Å². The Morgan fingerprint density at radius 1 is 0.949 bits per heavy atom. The summed E-state index contributed by atoms with van der Waals surface area (Å²) in [6.45, 7) is 4.01. The predicted octanol–water partition coefficient (Wildman–Crippen LogP) is 7.09. The Balaban J connectivity index is 1.37. The molecular formula is C32H26N4O3. The summed E-state index contributed by atoms with van der Waals surface area (Å²) in [5.41, 5.74) is 7.32. The Hall–Kier alpha value is -5.17. The molecule has 0 radical (unpaired) electrons. The topological polar surface area (TPSA) is 92.5 Å². The molecule has 0 saturated heterocycles. The fourth-order valence-electron chi connectivity index (χ4n) is 4.57. The van der Waals surface area contributed by atoms with E-state index < -0.39 is 0 Å². The van der Waals surface area contributed by atoms with Crippen LogP contribution >= 0.6 is 0 Å². The third-order valence-corrected chi connectivity index (χ3v) is 6.58. The second kappa shape index (κ2) is 9.95. The van der Waals surface area contributed by atoms with E-state index >= 15 is 0 Å². The van der Waals surface area contributed by atoms with Gasteiger partial charge in [-0.2, -0.15) is 0 Å². The molecule has 0 aliphatic heterocycles. The molecule has 6 rings (SSSR count). The summed E-state index contributed by atoms with van der Waals surface area (Å²) in [7, 11) is 1.58. The number of H-pyrrole nitrogens is 1. The van der Waals surface area contributed by atoms with Crippen LogP contribution in [0.1, 0.15) is 21.5 Å². The van der Waals surface area contributed by atoms with E-state index in [0.717, 1.165) is 44.6 Å². The van der Waals surface area contributed by atoms with Gasteiger partial charge < -0.3 is 19.5 Å². The Bertz CT molecular complexity index is 1880. The number of benzene rings is 4. The number of aryl methyl sites for hydroxylation is 2. The highest BCUT2D eigenvalue weighted by Crippen LogP contribution is 2.27. The standard InChI is InChI=1S/C32H26N4O3/c1-19-11-16-25(20(2)17-19)36-32-24(18-22-7-6-10-28(38-3)29(22)39-32)31(37)33-23-14-12-21(13-15-23)30-34-26-8-4-5-9-27(26)35-30/h4-18H,1-3H3,(H,33,37)(H,34,35). The number of nitrogens with zero attached hydrogens (tertiary/aromatic N) is 2. The van der Waals surface area contributed by atoms with Crippen molar-refractivity contribution in [2.75, 3.05) is 12.4 Å². The van der Waals surface area contributed by atoms with Crippen LogP contribution in [0.5, 0.6) is 5.75 Å². The van der Waals surface area contributed by atoms with Gasteiger partial charge in [0.15, 0.2) is 11.3 Å². The molecule has 2 heterocycles. The summed E-state index contributed by atoms with van der Waals surface area (Å²) in [5, 5.41) is 3.72. The lowest BCUT2D eigenvalue weighted by Crippen LogP contribution is -2.21. The summed E-state index contributed by atoms with van der Waals surface area (Å²) in [6, 6.07) is 28.7. The fourth-order valence-corrected chi connectivity index (χ4v) is 4.57. The Labute approximate surface area is 224 Å². The SMILES string of the molecule is COc1cccc2cc(C(=O)Nc3ccc(-c4nc5ccccc5[nH]4)cc3)c(=Nc3ccc(C)cc3C)oc12. The van der Waals surface area contributed by atoms with Gasteiger partial charge in [-0.1, -0.05) is 42.0 Å². The number of anilines is 1. The van der Waals surface area contributed by atoms with Crippen LogP contribution in [0.2, 0.25) is 0 Å². The molecule has 7 heteroatoms. The van der Waals surface area contributed by atoms with Crippen LogP contribution in [-0.2, 0) is 0 Å². The first kappa shape index (κ1) is 24.2.